The van der Waals surface area contributed by atoms with Gasteiger partial charge in [0.05, 0.1) is 12.3 Å². The van der Waals surface area contributed by atoms with Crippen molar-refractivity contribution in [2.45, 2.75) is 32.2 Å². The maximum Gasteiger partial charge on any atom is 0.211 e. The highest BCUT2D eigenvalue weighted by Crippen LogP contribution is 2.10. The van der Waals surface area contributed by atoms with Gasteiger partial charge in [-0.25, -0.2) is 13.1 Å². The molecule has 0 aliphatic carbocycles. The zero-order valence-electron chi connectivity index (χ0n) is 9.78. The normalized spacial score (nSPS) is 19.5. The molecule has 1 saturated heterocycles. The zero-order chi connectivity index (χ0) is 12.0. The van der Waals surface area contributed by atoms with E-state index in [-0.39, 0.29) is 11.8 Å². The summed E-state index contributed by atoms with van der Waals surface area (Å²) in [5.41, 5.74) is 0. The molecule has 0 saturated carbocycles. The minimum Gasteiger partial charge on any atom is -0.292 e. The van der Waals surface area contributed by atoms with Crippen LogP contribution in [-0.2, 0) is 10.0 Å². The number of piperidine rings is 1. The lowest BCUT2D eigenvalue weighted by Gasteiger charge is -2.30. The van der Waals surface area contributed by atoms with Gasteiger partial charge in [-0.15, -0.1) is 6.42 Å². The lowest BCUT2D eigenvalue weighted by molar-refractivity contribution is 0.229. The Labute approximate surface area is 98.5 Å². The molecular weight excluding hydrogens is 224 g/mol. The number of rotatable bonds is 5. The van der Waals surface area contributed by atoms with Crippen LogP contribution in [0.25, 0.3) is 0 Å². The Balaban J connectivity index is 2.35. The summed E-state index contributed by atoms with van der Waals surface area (Å²) < 4.78 is 25.9. The fraction of sp³-hybridized carbons (Fsp3) is 0.818. The molecule has 0 aromatic rings. The average Bonchev–Trinajstić information content (AvgIpc) is 2.21. The molecule has 1 aliphatic heterocycles. The zero-order valence-corrected chi connectivity index (χ0v) is 10.6. The largest absolute Gasteiger partial charge is 0.292 e. The summed E-state index contributed by atoms with van der Waals surface area (Å²) in [6.45, 7) is 4.29. The van der Waals surface area contributed by atoms with Crippen LogP contribution in [0.3, 0.4) is 0 Å². The van der Waals surface area contributed by atoms with Crippen molar-refractivity contribution in [3.63, 3.8) is 0 Å². The van der Waals surface area contributed by atoms with Crippen molar-refractivity contribution in [3.8, 4) is 12.3 Å². The van der Waals surface area contributed by atoms with Gasteiger partial charge < -0.3 is 0 Å². The molecule has 1 N–H and O–H groups in total. The number of hydrogen-bond acceptors (Lipinski definition) is 3. The van der Waals surface area contributed by atoms with E-state index < -0.39 is 10.0 Å². The number of nitrogens with zero attached hydrogens (tertiary/aromatic N) is 1. The summed E-state index contributed by atoms with van der Waals surface area (Å²) in [5.74, 6) is 2.83. The minimum absolute atomic E-state index is 0.0885. The van der Waals surface area contributed by atoms with Gasteiger partial charge in [-0.1, -0.05) is 12.8 Å². The fourth-order valence-electron chi connectivity index (χ4n) is 1.92. The van der Waals surface area contributed by atoms with Crippen molar-refractivity contribution < 1.29 is 8.42 Å². The van der Waals surface area contributed by atoms with E-state index in [2.05, 4.69) is 15.5 Å². The summed E-state index contributed by atoms with van der Waals surface area (Å²) >= 11 is 0. The number of likely N-dealkylation sites (tertiary alicyclic amines) is 1. The van der Waals surface area contributed by atoms with Crippen LogP contribution in [0.1, 0.15) is 26.2 Å². The van der Waals surface area contributed by atoms with E-state index in [1.54, 1.807) is 0 Å². The first kappa shape index (κ1) is 13.5. The topological polar surface area (TPSA) is 49.4 Å². The molecule has 0 atom stereocenters. The molecule has 0 spiro atoms. The lowest BCUT2D eigenvalue weighted by Crippen LogP contribution is -2.45. The monoisotopic (exact) mass is 244 g/mol. The Morgan fingerprint density at radius 1 is 1.44 bits per heavy atom. The number of sulfonamides is 1. The Morgan fingerprint density at radius 2 is 2.06 bits per heavy atom. The molecule has 0 aromatic heterocycles. The molecule has 0 bridgehead atoms. The highest BCUT2D eigenvalue weighted by atomic mass is 32.2. The number of hydrogen-bond donors (Lipinski definition) is 1. The smallest absolute Gasteiger partial charge is 0.211 e. The van der Waals surface area contributed by atoms with Gasteiger partial charge in [0.25, 0.3) is 0 Å². The molecule has 5 heteroatoms. The SMILES string of the molecule is C#CCN1CCC(NS(=O)(=O)CCC)CC1. The predicted molar refractivity (Wildman–Crippen MR) is 65.5 cm³/mol. The van der Waals surface area contributed by atoms with E-state index in [0.29, 0.717) is 13.0 Å². The van der Waals surface area contributed by atoms with Gasteiger partial charge in [-0.2, -0.15) is 0 Å². The molecule has 4 nitrogen and oxygen atoms in total. The van der Waals surface area contributed by atoms with Crippen molar-refractivity contribution in [2.24, 2.45) is 0 Å². The Kier molecular flexibility index (Phi) is 5.26. The van der Waals surface area contributed by atoms with Crippen molar-refractivity contribution in [1.29, 1.82) is 0 Å². The lowest BCUT2D eigenvalue weighted by atomic mass is 10.1. The van der Waals surface area contributed by atoms with E-state index in [4.69, 9.17) is 6.42 Å². The highest BCUT2D eigenvalue weighted by molar-refractivity contribution is 7.89. The van der Waals surface area contributed by atoms with E-state index in [9.17, 15) is 8.42 Å². The van der Waals surface area contributed by atoms with Crippen molar-refractivity contribution in [1.82, 2.24) is 9.62 Å². The van der Waals surface area contributed by atoms with Crippen LogP contribution in [0, 0.1) is 12.3 Å². The number of nitrogens with one attached hydrogen (secondary N) is 1. The van der Waals surface area contributed by atoms with E-state index in [0.717, 1.165) is 25.9 Å². The van der Waals surface area contributed by atoms with E-state index in [1.807, 2.05) is 6.92 Å². The van der Waals surface area contributed by atoms with Crippen LogP contribution in [0.15, 0.2) is 0 Å². The van der Waals surface area contributed by atoms with Gasteiger partial charge in [-0.05, 0) is 19.3 Å². The second kappa shape index (κ2) is 6.24. The van der Waals surface area contributed by atoms with Crippen molar-refractivity contribution in [3.05, 3.63) is 0 Å². The fourth-order valence-corrected chi connectivity index (χ4v) is 3.32. The van der Waals surface area contributed by atoms with Gasteiger partial charge >= 0.3 is 0 Å². The molecule has 1 fully saturated rings. The van der Waals surface area contributed by atoms with E-state index >= 15 is 0 Å². The average molecular weight is 244 g/mol. The summed E-state index contributed by atoms with van der Waals surface area (Å²) in [7, 11) is -3.07. The van der Waals surface area contributed by atoms with Crippen LogP contribution in [-0.4, -0.2) is 44.7 Å². The van der Waals surface area contributed by atoms with Gasteiger partial charge in [-0.3, -0.25) is 4.90 Å². The van der Waals surface area contributed by atoms with Crippen LogP contribution >= 0.6 is 0 Å². The summed E-state index contributed by atoms with van der Waals surface area (Å²) in [6.07, 6.45) is 7.59. The van der Waals surface area contributed by atoms with Crippen molar-refractivity contribution >= 4 is 10.0 Å². The Morgan fingerprint density at radius 3 is 2.56 bits per heavy atom. The third-order valence-corrected chi connectivity index (χ3v) is 4.36. The first-order valence-electron chi connectivity index (χ1n) is 5.73. The summed E-state index contributed by atoms with van der Waals surface area (Å²) in [4.78, 5) is 2.17. The Hall–Kier alpha value is -0.570. The maximum atomic E-state index is 11.5. The maximum absolute atomic E-state index is 11.5. The quantitative estimate of drug-likeness (QED) is 0.713. The molecule has 0 aromatic carbocycles. The van der Waals surface area contributed by atoms with Gasteiger partial charge in [0.1, 0.15) is 0 Å². The summed E-state index contributed by atoms with van der Waals surface area (Å²) in [5, 5.41) is 0. The standard InChI is InChI=1S/C11H20N2O2S/c1-3-7-13-8-5-11(6-9-13)12-16(14,15)10-4-2/h1,11-12H,4-10H2,2H3. The van der Waals surface area contributed by atoms with E-state index in [1.165, 1.54) is 0 Å². The van der Waals surface area contributed by atoms with Crippen molar-refractivity contribution in [2.75, 3.05) is 25.4 Å². The first-order valence-corrected chi connectivity index (χ1v) is 7.38. The third kappa shape index (κ3) is 4.52. The van der Waals surface area contributed by atoms with Gasteiger partial charge in [0.2, 0.25) is 10.0 Å². The minimum atomic E-state index is -3.07. The first-order chi connectivity index (χ1) is 7.57. The van der Waals surface area contributed by atoms with Gasteiger partial charge in [0.15, 0.2) is 0 Å². The predicted octanol–water partition coefficient (Wildman–Crippen LogP) is 0.413. The highest BCUT2D eigenvalue weighted by Gasteiger charge is 2.22. The molecule has 1 heterocycles. The number of terminal acetylenes is 1. The van der Waals surface area contributed by atoms with Crippen LogP contribution in [0.5, 0.6) is 0 Å². The van der Waals surface area contributed by atoms with Crippen LogP contribution in [0.2, 0.25) is 0 Å². The van der Waals surface area contributed by atoms with Gasteiger partial charge in [0, 0.05) is 19.1 Å². The Bertz CT molecular complexity index is 337. The molecule has 92 valence electrons. The molecule has 0 radical (unpaired) electrons. The third-order valence-electron chi connectivity index (χ3n) is 2.72. The molecule has 1 aliphatic rings. The molecule has 16 heavy (non-hydrogen) atoms. The van der Waals surface area contributed by atoms with Crippen LogP contribution in [0.4, 0.5) is 0 Å². The summed E-state index contributed by atoms with van der Waals surface area (Å²) in [6, 6.07) is 0.0885. The van der Waals surface area contributed by atoms with Crippen LogP contribution < -0.4 is 4.72 Å². The molecule has 0 amide bonds. The molecule has 1 rings (SSSR count). The second-order valence-corrected chi connectivity index (χ2v) is 6.06. The molecular formula is C11H20N2O2S. The molecule has 0 unspecified atom stereocenters. The second-order valence-electron chi connectivity index (χ2n) is 4.19.